The maximum Gasteiger partial charge on any atom is 0.340 e. The van der Waals surface area contributed by atoms with Crippen LogP contribution in [0.2, 0.25) is 0 Å². The van der Waals surface area contributed by atoms with Crippen LogP contribution in [0.15, 0.2) is 53.1 Å². The van der Waals surface area contributed by atoms with Crippen LogP contribution in [0.3, 0.4) is 0 Å². The van der Waals surface area contributed by atoms with E-state index in [9.17, 15) is 4.79 Å². The van der Waals surface area contributed by atoms with E-state index >= 15 is 0 Å². The van der Waals surface area contributed by atoms with Gasteiger partial charge in [0.25, 0.3) is 5.89 Å². The van der Waals surface area contributed by atoms with Gasteiger partial charge in [-0.1, -0.05) is 17.3 Å². The fourth-order valence-electron chi connectivity index (χ4n) is 2.25. The quantitative estimate of drug-likeness (QED) is 0.690. The van der Waals surface area contributed by atoms with Gasteiger partial charge in [0, 0.05) is 18.3 Å². The number of carbonyl (C=O) groups is 1. The molecule has 0 saturated carbocycles. The maximum absolute atomic E-state index is 12.2. The van der Waals surface area contributed by atoms with E-state index in [1.54, 1.807) is 44.5 Å². The van der Waals surface area contributed by atoms with Crippen molar-refractivity contribution in [3.63, 3.8) is 0 Å². The highest BCUT2D eigenvalue weighted by atomic mass is 16.6. The average Bonchev–Trinajstić information content (AvgIpc) is 3.15. The molecule has 7 heteroatoms. The summed E-state index contributed by atoms with van der Waals surface area (Å²) in [5, 5.41) is 6.84. The molecule has 1 aromatic heterocycles. The Kier molecular flexibility index (Phi) is 4.94. The third-order valence-electron chi connectivity index (χ3n) is 3.56. The van der Waals surface area contributed by atoms with E-state index in [-0.39, 0.29) is 12.5 Å². The van der Waals surface area contributed by atoms with Crippen LogP contribution in [0.25, 0.3) is 11.4 Å². The van der Waals surface area contributed by atoms with Gasteiger partial charge in [-0.05, 0) is 36.4 Å². The molecule has 0 fully saturated rings. The fourth-order valence-corrected chi connectivity index (χ4v) is 2.25. The minimum absolute atomic E-state index is 0.0972. The lowest BCUT2D eigenvalue weighted by atomic mass is 10.2. The third-order valence-corrected chi connectivity index (χ3v) is 3.56. The number of benzene rings is 2. The van der Waals surface area contributed by atoms with Crippen molar-refractivity contribution < 1.29 is 18.8 Å². The molecule has 0 aliphatic carbocycles. The molecule has 0 aliphatic heterocycles. The smallest absolute Gasteiger partial charge is 0.340 e. The summed E-state index contributed by atoms with van der Waals surface area (Å²) in [6, 6.07) is 14.3. The van der Waals surface area contributed by atoms with E-state index in [1.165, 1.54) is 0 Å². The minimum Gasteiger partial charge on any atom is -0.497 e. The van der Waals surface area contributed by atoms with Crippen LogP contribution in [-0.2, 0) is 11.3 Å². The molecule has 1 N–H and O–H groups in total. The number of aromatic nitrogens is 2. The van der Waals surface area contributed by atoms with Crippen LogP contribution >= 0.6 is 0 Å². The lowest BCUT2D eigenvalue weighted by Crippen LogP contribution is -2.08. The van der Waals surface area contributed by atoms with E-state index < -0.39 is 5.97 Å². The number of ether oxygens (including phenoxy) is 2. The van der Waals surface area contributed by atoms with E-state index in [0.717, 1.165) is 11.3 Å². The number of hydrogen-bond acceptors (Lipinski definition) is 7. The van der Waals surface area contributed by atoms with E-state index in [2.05, 4.69) is 15.5 Å². The molecule has 0 amide bonds. The second-order valence-electron chi connectivity index (χ2n) is 5.11. The van der Waals surface area contributed by atoms with Crippen molar-refractivity contribution in [3.05, 3.63) is 60.0 Å². The summed E-state index contributed by atoms with van der Waals surface area (Å²) in [6.07, 6.45) is 0. The molecule has 3 rings (SSSR count). The zero-order valence-electron chi connectivity index (χ0n) is 13.9. The van der Waals surface area contributed by atoms with Crippen LogP contribution in [0.4, 0.5) is 5.69 Å². The number of rotatable bonds is 6. The molecule has 0 bridgehead atoms. The van der Waals surface area contributed by atoms with Gasteiger partial charge in [0.15, 0.2) is 6.61 Å². The molecular formula is C18H17N3O4. The number of anilines is 1. The van der Waals surface area contributed by atoms with Crippen LogP contribution < -0.4 is 10.1 Å². The standard InChI is InChI=1S/C18H17N3O4/c1-19-15-6-4-3-5-14(15)18(22)24-11-16-20-17(21-25-16)12-7-9-13(23-2)10-8-12/h3-10,19H,11H2,1-2H3. The summed E-state index contributed by atoms with van der Waals surface area (Å²) in [7, 11) is 3.34. The Labute approximate surface area is 144 Å². The summed E-state index contributed by atoms with van der Waals surface area (Å²) in [6.45, 7) is -0.0972. The van der Waals surface area contributed by atoms with Gasteiger partial charge in [-0.2, -0.15) is 4.98 Å². The number of hydrogen-bond donors (Lipinski definition) is 1. The number of para-hydroxylation sites is 1. The molecule has 128 valence electrons. The summed E-state index contributed by atoms with van der Waals surface area (Å²) in [5.74, 6) is 0.921. The highest BCUT2D eigenvalue weighted by Crippen LogP contribution is 2.20. The van der Waals surface area contributed by atoms with Crippen molar-refractivity contribution in [1.82, 2.24) is 10.1 Å². The lowest BCUT2D eigenvalue weighted by molar-refractivity contribution is 0.0431. The number of esters is 1. The normalized spacial score (nSPS) is 10.3. The molecular weight excluding hydrogens is 322 g/mol. The molecule has 0 unspecified atom stereocenters. The Hall–Kier alpha value is -3.35. The molecule has 7 nitrogen and oxygen atoms in total. The van der Waals surface area contributed by atoms with Crippen molar-refractivity contribution in [2.45, 2.75) is 6.61 Å². The first-order valence-electron chi connectivity index (χ1n) is 7.62. The molecule has 0 atom stereocenters. The van der Waals surface area contributed by atoms with Crippen LogP contribution in [0, 0.1) is 0 Å². The first-order chi connectivity index (χ1) is 12.2. The Morgan fingerprint density at radius 3 is 2.64 bits per heavy atom. The van der Waals surface area contributed by atoms with Crippen LogP contribution in [-0.4, -0.2) is 30.3 Å². The first kappa shape index (κ1) is 16.5. The Morgan fingerprint density at radius 1 is 1.16 bits per heavy atom. The molecule has 0 saturated heterocycles. The number of carbonyl (C=O) groups excluding carboxylic acids is 1. The van der Waals surface area contributed by atoms with Gasteiger partial charge in [-0.3, -0.25) is 0 Å². The van der Waals surface area contributed by atoms with Crippen LogP contribution in [0.1, 0.15) is 16.2 Å². The summed E-state index contributed by atoms with van der Waals surface area (Å²) >= 11 is 0. The van der Waals surface area contributed by atoms with E-state index in [0.29, 0.717) is 17.1 Å². The summed E-state index contributed by atoms with van der Waals surface area (Å²) < 4.78 is 15.5. The molecule has 3 aromatic rings. The van der Waals surface area contributed by atoms with Crippen molar-refractivity contribution in [2.24, 2.45) is 0 Å². The summed E-state index contributed by atoms with van der Waals surface area (Å²) in [5.41, 5.74) is 1.92. The van der Waals surface area contributed by atoms with Gasteiger partial charge in [-0.15, -0.1) is 0 Å². The first-order valence-corrected chi connectivity index (χ1v) is 7.62. The highest BCUT2D eigenvalue weighted by molar-refractivity contribution is 5.95. The number of nitrogens with zero attached hydrogens (tertiary/aromatic N) is 2. The SMILES string of the molecule is CNc1ccccc1C(=O)OCc1nc(-c2ccc(OC)cc2)no1. The second-order valence-corrected chi connectivity index (χ2v) is 5.11. The van der Waals surface area contributed by atoms with E-state index in [1.807, 2.05) is 18.2 Å². The molecule has 2 aromatic carbocycles. The zero-order chi connectivity index (χ0) is 17.6. The van der Waals surface area contributed by atoms with E-state index in [4.69, 9.17) is 14.0 Å². The van der Waals surface area contributed by atoms with Gasteiger partial charge in [0.2, 0.25) is 5.82 Å². The second kappa shape index (κ2) is 7.48. The molecule has 0 aliphatic rings. The van der Waals surface area contributed by atoms with Crippen molar-refractivity contribution >= 4 is 11.7 Å². The van der Waals surface area contributed by atoms with Gasteiger partial charge >= 0.3 is 5.97 Å². The topological polar surface area (TPSA) is 86.5 Å². The predicted molar refractivity (Wildman–Crippen MR) is 91.4 cm³/mol. The van der Waals surface area contributed by atoms with Crippen LogP contribution in [0.5, 0.6) is 5.75 Å². The number of nitrogens with one attached hydrogen (secondary N) is 1. The molecule has 25 heavy (non-hydrogen) atoms. The molecule has 0 radical (unpaired) electrons. The van der Waals surface area contributed by atoms with Gasteiger partial charge in [0.1, 0.15) is 5.75 Å². The largest absolute Gasteiger partial charge is 0.497 e. The molecule has 0 spiro atoms. The minimum atomic E-state index is -0.464. The Bertz CT molecular complexity index is 859. The fraction of sp³-hybridized carbons (Fsp3) is 0.167. The van der Waals surface area contributed by atoms with Gasteiger partial charge < -0.3 is 19.3 Å². The lowest BCUT2D eigenvalue weighted by Gasteiger charge is -2.07. The summed E-state index contributed by atoms with van der Waals surface area (Å²) in [4.78, 5) is 16.4. The monoisotopic (exact) mass is 339 g/mol. The van der Waals surface area contributed by atoms with Crippen molar-refractivity contribution in [2.75, 3.05) is 19.5 Å². The third kappa shape index (κ3) is 3.77. The Morgan fingerprint density at radius 2 is 1.92 bits per heavy atom. The zero-order valence-corrected chi connectivity index (χ0v) is 13.9. The number of methoxy groups -OCH3 is 1. The van der Waals surface area contributed by atoms with Gasteiger partial charge in [0.05, 0.1) is 12.7 Å². The highest BCUT2D eigenvalue weighted by Gasteiger charge is 2.14. The molecule has 1 heterocycles. The Balaban J connectivity index is 1.66. The predicted octanol–water partition coefficient (Wildman–Crippen LogP) is 3.14. The average molecular weight is 339 g/mol. The van der Waals surface area contributed by atoms with Crippen molar-refractivity contribution in [3.8, 4) is 17.1 Å². The van der Waals surface area contributed by atoms with Gasteiger partial charge in [-0.25, -0.2) is 4.79 Å². The van der Waals surface area contributed by atoms with Crippen molar-refractivity contribution in [1.29, 1.82) is 0 Å². The maximum atomic E-state index is 12.2.